The smallest absolute Gasteiger partial charge is 0.203 e. The molecular formula is C13H18NO3. The summed E-state index contributed by atoms with van der Waals surface area (Å²) in [5, 5.41) is 3.29. The van der Waals surface area contributed by atoms with Gasteiger partial charge in [0.2, 0.25) is 5.75 Å². The number of rotatable bonds is 4. The van der Waals surface area contributed by atoms with Crippen molar-refractivity contribution in [2.24, 2.45) is 0 Å². The van der Waals surface area contributed by atoms with Gasteiger partial charge in [0.1, 0.15) is 6.10 Å². The van der Waals surface area contributed by atoms with E-state index in [-0.39, 0.29) is 6.10 Å². The van der Waals surface area contributed by atoms with Crippen molar-refractivity contribution in [3.05, 3.63) is 24.6 Å². The van der Waals surface area contributed by atoms with Gasteiger partial charge in [-0.2, -0.15) is 0 Å². The van der Waals surface area contributed by atoms with Crippen LogP contribution in [0.2, 0.25) is 0 Å². The van der Waals surface area contributed by atoms with Crippen LogP contribution in [-0.4, -0.2) is 33.4 Å². The first kappa shape index (κ1) is 12.0. The zero-order chi connectivity index (χ0) is 12.1. The zero-order valence-corrected chi connectivity index (χ0v) is 10.2. The van der Waals surface area contributed by atoms with E-state index in [9.17, 15) is 0 Å². The van der Waals surface area contributed by atoms with E-state index in [0.717, 1.165) is 25.3 Å². The minimum atomic E-state index is 0.0877. The molecule has 1 saturated heterocycles. The van der Waals surface area contributed by atoms with E-state index in [0.29, 0.717) is 11.5 Å². The summed E-state index contributed by atoms with van der Waals surface area (Å²) < 4.78 is 16.5. The molecule has 17 heavy (non-hydrogen) atoms. The maximum atomic E-state index is 5.90. The van der Waals surface area contributed by atoms with Gasteiger partial charge < -0.3 is 19.5 Å². The fraction of sp³-hybridized carbons (Fsp3) is 0.462. The average molecular weight is 236 g/mol. The number of benzene rings is 1. The first-order valence-corrected chi connectivity index (χ1v) is 5.77. The Kier molecular flexibility index (Phi) is 4.09. The molecule has 0 aliphatic carbocycles. The Bertz CT molecular complexity index is 362. The number of para-hydroxylation sites is 1. The minimum absolute atomic E-state index is 0.0877. The second-order valence-electron chi connectivity index (χ2n) is 3.88. The predicted octanol–water partition coefficient (Wildman–Crippen LogP) is 1.65. The van der Waals surface area contributed by atoms with Gasteiger partial charge in [-0.15, -0.1) is 0 Å². The third-order valence-corrected chi connectivity index (χ3v) is 2.74. The molecule has 1 aromatic carbocycles. The lowest BCUT2D eigenvalue weighted by molar-refractivity contribution is 0.200. The molecule has 1 radical (unpaired) electrons. The van der Waals surface area contributed by atoms with Crippen LogP contribution in [0.15, 0.2) is 18.2 Å². The monoisotopic (exact) mass is 236 g/mol. The number of ether oxygens (including phenoxy) is 3. The van der Waals surface area contributed by atoms with E-state index in [1.807, 2.05) is 18.2 Å². The van der Waals surface area contributed by atoms with Crippen LogP contribution < -0.4 is 19.5 Å². The lowest BCUT2D eigenvalue weighted by Crippen LogP contribution is -2.37. The first-order valence-electron chi connectivity index (χ1n) is 5.77. The quantitative estimate of drug-likeness (QED) is 0.863. The predicted molar refractivity (Wildman–Crippen MR) is 65.7 cm³/mol. The van der Waals surface area contributed by atoms with E-state index in [2.05, 4.69) is 11.7 Å². The molecule has 0 spiro atoms. The normalized spacial score (nSPS) is 19.8. The van der Waals surface area contributed by atoms with Crippen molar-refractivity contribution in [2.75, 3.05) is 27.3 Å². The molecule has 1 N–H and O–H groups in total. The molecule has 0 bridgehead atoms. The van der Waals surface area contributed by atoms with Crippen LogP contribution in [0.4, 0.5) is 0 Å². The van der Waals surface area contributed by atoms with Gasteiger partial charge in [0.15, 0.2) is 11.5 Å². The van der Waals surface area contributed by atoms with Crippen LogP contribution in [0.25, 0.3) is 0 Å². The molecule has 93 valence electrons. The molecule has 1 heterocycles. The van der Waals surface area contributed by atoms with Crippen molar-refractivity contribution < 1.29 is 14.2 Å². The molecule has 1 aliphatic heterocycles. The number of nitrogens with one attached hydrogen (secondary N) is 1. The van der Waals surface area contributed by atoms with Crippen molar-refractivity contribution in [3.63, 3.8) is 0 Å². The highest BCUT2D eigenvalue weighted by Crippen LogP contribution is 2.37. The maximum Gasteiger partial charge on any atom is 0.203 e. The van der Waals surface area contributed by atoms with Gasteiger partial charge in [0.25, 0.3) is 0 Å². The molecule has 4 heteroatoms. The standard InChI is InChI=1S/C13H18NO3/c1-15-11-6-3-7-12(13(11)16-2)17-10-5-4-8-14-9-10/h3,5-7,10,14H,4,8-9H2,1-2H3. The Balaban J connectivity index is 2.13. The van der Waals surface area contributed by atoms with Gasteiger partial charge in [0.05, 0.1) is 14.2 Å². The Hall–Kier alpha value is -1.42. The first-order chi connectivity index (χ1) is 8.35. The van der Waals surface area contributed by atoms with Crippen LogP contribution in [0.1, 0.15) is 6.42 Å². The van der Waals surface area contributed by atoms with E-state index in [1.54, 1.807) is 14.2 Å². The SMILES string of the molecule is COc1cccc(OC2[CH]CCNC2)c1OC. The molecule has 1 unspecified atom stereocenters. The summed E-state index contributed by atoms with van der Waals surface area (Å²) in [4.78, 5) is 0. The molecular weight excluding hydrogens is 218 g/mol. The van der Waals surface area contributed by atoms with Crippen LogP contribution in [0.3, 0.4) is 0 Å². The van der Waals surface area contributed by atoms with Gasteiger partial charge >= 0.3 is 0 Å². The third-order valence-electron chi connectivity index (χ3n) is 2.74. The fourth-order valence-electron chi connectivity index (χ4n) is 1.90. The second-order valence-corrected chi connectivity index (χ2v) is 3.88. The van der Waals surface area contributed by atoms with Crippen LogP contribution in [0, 0.1) is 6.42 Å². The van der Waals surface area contributed by atoms with E-state index in [4.69, 9.17) is 14.2 Å². The Morgan fingerprint density at radius 3 is 2.65 bits per heavy atom. The topological polar surface area (TPSA) is 39.7 Å². The van der Waals surface area contributed by atoms with Crippen molar-refractivity contribution in [1.82, 2.24) is 5.32 Å². The van der Waals surface area contributed by atoms with E-state index >= 15 is 0 Å². The number of hydrogen-bond donors (Lipinski definition) is 1. The van der Waals surface area contributed by atoms with Gasteiger partial charge in [-0.05, 0) is 25.1 Å². The molecule has 1 atom stereocenters. The molecule has 1 fully saturated rings. The second kappa shape index (κ2) is 5.77. The lowest BCUT2D eigenvalue weighted by atomic mass is 10.1. The molecule has 2 rings (SSSR count). The molecule has 0 amide bonds. The highest BCUT2D eigenvalue weighted by molar-refractivity contribution is 5.51. The van der Waals surface area contributed by atoms with Gasteiger partial charge in [-0.25, -0.2) is 0 Å². The molecule has 0 aromatic heterocycles. The molecule has 1 aromatic rings. The lowest BCUT2D eigenvalue weighted by Gasteiger charge is -2.24. The summed E-state index contributed by atoms with van der Waals surface area (Å²) in [6, 6.07) is 5.64. The van der Waals surface area contributed by atoms with Crippen LogP contribution in [0.5, 0.6) is 17.2 Å². The summed E-state index contributed by atoms with van der Waals surface area (Å²) in [5.41, 5.74) is 0. The van der Waals surface area contributed by atoms with Crippen LogP contribution in [-0.2, 0) is 0 Å². The van der Waals surface area contributed by atoms with Crippen molar-refractivity contribution in [1.29, 1.82) is 0 Å². The van der Waals surface area contributed by atoms with Crippen molar-refractivity contribution >= 4 is 0 Å². The van der Waals surface area contributed by atoms with Gasteiger partial charge in [-0.1, -0.05) is 6.07 Å². The number of hydrogen-bond acceptors (Lipinski definition) is 4. The molecule has 1 aliphatic rings. The highest BCUT2D eigenvalue weighted by atomic mass is 16.5. The minimum Gasteiger partial charge on any atom is -0.493 e. The van der Waals surface area contributed by atoms with Gasteiger partial charge in [-0.3, -0.25) is 0 Å². The fourth-order valence-corrected chi connectivity index (χ4v) is 1.90. The Morgan fingerprint density at radius 2 is 2.00 bits per heavy atom. The largest absolute Gasteiger partial charge is 0.493 e. The van der Waals surface area contributed by atoms with Crippen LogP contribution >= 0.6 is 0 Å². The zero-order valence-electron chi connectivity index (χ0n) is 10.2. The number of methoxy groups -OCH3 is 2. The Morgan fingerprint density at radius 1 is 1.18 bits per heavy atom. The summed E-state index contributed by atoms with van der Waals surface area (Å²) in [6.07, 6.45) is 3.29. The van der Waals surface area contributed by atoms with E-state index in [1.165, 1.54) is 0 Å². The molecule has 4 nitrogen and oxygen atoms in total. The third kappa shape index (κ3) is 2.82. The van der Waals surface area contributed by atoms with E-state index < -0.39 is 0 Å². The summed E-state index contributed by atoms with van der Waals surface area (Å²) >= 11 is 0. The molecule has 0 saturated carbocycles. The van der Waals surface area contributed by atoms with Crippen molar-refractivity contribution in [2.45, 2.75) is 12.5 Å². The number of piperidine rings is 1. The highest BCUT2D eigenvalue weighted by Gasteiger charge is 2.18. The van der Waals surface area contributed by atoms with Crippen molar-refractivity contribution in [3.8, 4) is 17.2 Å². The average Bonchev–Trinajstić information content (AvgIpc) is 2.39. The maximum absolute atomic E-state index is 5.90. The van der Waals surface area contributed by atoms with Gasteiger partial charge in [0, 0.05) is 13.0 Å². The summed E-state index contributed by atoms with van der Waals surface area (Å²) in [6.45, 7) is 1.86. The Labute approximate surface area is 102 Å². The summed E-state index contributed by atoms with van der Waals surface area (Å²) in [5.74, 6) is 2.06. The summed E-state index contributed by atoms with van der Waals surface area (Å²) in [7, 11) is 3.24.